The Morgan fingerprint density at radius 3 is 2.37 bits per heavy atom. The molecule has 6 heteroatoms. The monoisotopic (exact) mass is 374 g/mol. The Balaban J connectivity index is 1.79. The van der Waals surface area contributed by atoms with Crippen LogP contribution in [0.15, 0.2) is 48.5 Å². The fraction of sp³-hybridized carbons (Fsp3) is 0.333. The molecule has 0 aliphatic heterocycles. The van der Waals surface area contributed by atoms with E-state index in [1.54, 1.807) is 0 Å². The van der Waals surface area contributed by atoms with Crippen LogP contribution < -0.4 is 10.6 Å². The van der Waals surface area contributed by atoms with Crippen molar-refractivity contribution in [1.82, 2.24) is 10.6 Å². The van der Waals surface area contributed by atoms with E-state index in [4.69, 9.17) is 0 Å². The molecule has 0 radical (unpaired) electrons. The van der Waals surface area contributed by atoms with Gasteiger partial charge in [0.05, 0.1) is 11.6 Å². The fourth-order valence-corrected chi connectivity index (χ4v) is 2.76. The van der Waals surface area contributed by atoms with Crippen molar-refractivity contribution >= 4 is 11.8 Å². The first-order chi connectivity index (χ1) is 12.9. The van der Waals surface area contributed by atoms with Crippen molar-refractivity contribution in [3.8, 4) is 0 Å². The quantitative estimate of drug-likeness (QED) is 0.687. The smallest absolute Gasteiger partial charge is 0.254 e. The van der Waals surface area contributed by atoms with Crippen LogP contribution in [-0.2, 0) is 4.79 Å². The van der Waals surface area contributed by atoms with Crippen molar-refractivity contribution in [2.24, 2.45) is 5.92 Å². The van der Waals surface area contributed by atoms with E-state index >= 15 is 0 Å². The summed E-state index contributed by atoms with van der Waals surface area (Å²) < 4.78 is 26.4. The third-order valence-electron chi connectivity index (χ3n) is 4.18. The second-order valence-corrected chi connectivity index (χ2v) is 6.68. The van der Waals surface area contributed by atoms with E-state index in [0.717, 1.165) is 17.7 Å². The van der Waals surface area contributed by atoms with Crippen molar-refractivity contribution in [3.63, 3.8) is 0 Å². The molecule has 1 unspecified atom stereocenters. The highest BCUT2D eigenvalue weighted by atomic mass is 19.1. The molecule has 2 rings (SSSR count). The molecular formula is C21H24F2N2O2. The van der Waals surface area contributed by atoms with Gasteiger partial charge in [-0.3, -0.25) is 9.59 Å². The zero-order valence-electron chi connectivity index (χ0n) is 15.5. The highest BCUT2D eigenvalue weighted by Gasteiger charge is 2.18. The number of halogens is 2. The van der Waals surface area contributed by atoms with E-state index in [0.29, 0.717) is 12.5 Å². The minimum Gasteiger partial charge on any atom is -0.352 e. The lowest BCUT2D eigenvalue weighted by atomic mass is 9.96. The average Bonchev–Trinajstić information content (AvgIpc) is 2.63. The van der Waals surface area contributed by atoms with Gasteiger partial charge in [0.2, 0.25) is 5.91 Å². The van der Waals surface area contributed by atoms with Crippen LogP contribution in [0.3, 0.4) is 0 Å². The van der Waals surface area contributed by atoms with Gasteiger partial charge in [0, 0.05) is 19.0 Å². The molecule has 0 saturated carbocycles. The van der Waals surface area contributed by atoms with Gasteiger partial charge in [-0.1, -0.05) is 44.2 Å². The van der Waals surface area contributed by atoms with Crippen molar-refractivity contribution in [3.05, 3.63) is 71.3 Å². The highest BCUT2D eigenvalue weighted by molar-refractivity contribution is 5.94. The van der Waals surface area contributed by atoms with Crippen LogP contribution in [0.1, 0.15) is 48.7 Å². The van der Waals surface area contributed by atoms with E-state index in [1.807, 2.05) is 44.2 Å². The van der Waals surface area contributed by atoms with Gasteiger partial charge in [-0.25, -0.2) is 8.78 Å². The summed E-state index contributed by atoms with van der Waals surface area (Å²) in [6, 6.07) is 12.4. The van der Waals surface area contributed by atoms with E-state index in [1.165, 1.54) is 0 Å². The number of carbonyl (C=O) groups is 2. The lowest BCUT2D eigenvalue weighted by molar-refractivity contribution is -0.122. The van der Waals surface area contributed by atoms with Gasteiger partial charge in [0.1, 0.15) is 11.6 Å². The van der Waals surface area contributed by atoms with E-state index in [-0.39, 0.29) is 36.4 Å². The van der Waals surface area contributed by atoms with Crippen LogP contribution in [0.2, 0.25) is 0 Å². The molecule has 0 bridgehead atoms. The molecule has 144 valence electrons. The van der Waals surface area contributed by atoms with Crippen LogP contribution in [0.25, 0.3) is 0 Å². The third-order valence-corrected chi connectivity index (χ3v) is 4.18. The molecule has 0 heterocycles. The first-order valence-electron chi connectivity index (χ1n) is 8.96. The number of amides is 2. The van der Waals surface area contributed by atoms with Crippen molar-refractivity contribution in [2.75, 3.05) is 6.54 Å². The molecule has 0 aliphatic carbocycles. The minimum atomic E-state index is -0.909. The third kappa shape index (κ3) is 6.16. The summed E-state index contributed by atoms with van der Waals surface area (Å²) in [5.74, 6) is -2.15. The van der Waals surface area contributed by atoms with Gasteiger partial charge in [-0.2, -0.15) is 0 Å². The Morgan fingerprint density at radius 1 is 1.04 bits per heavy atom. The average molecular weight is 374 g/mol. The van der Waals surface area contributed by atoms with E-state index < -0.39 is 17.5 Å². The molecular weight excluding hydrogens is 350 g/mol. The number of nitrogens with one attached hydrogen (secondary N) is 2. The van der Waals surface area contributed by atoms with Crippen LogP contribution in [0.4, 0.5) is 8.78 Å². The molecule has 2 amide bonds. The van der Waals surface area contributed by atoms with Crippen molar-refractivity contribution < 1.29 is 18.4 Å². The van der Waals surface area contributed by atoms with Gasteiger partial charge in [-0.05, 0) is 30.0 Å². The minimum absolute atomic E-state index is 0.0818. The van der Waals surface area contributed by atoms with Gasteiger partial charge < -0.3 is 10.6 Å². The molecule has 4 nitrogen and oxygen atoms in total. The summed E-state index contributed by atoms with van der Waals surface area (Å²) in [6.07, 6.45) is 0.655. The largest absolute Gasteiger partial charge is 0.352 e. The molecule has 2 N–H and O–H groups in total. The standard InChI is InChI=1S/C21H24F2N2O2/c1-14(2)20(15-7-4-3-5-8-15)25-19(26)9-6-12-24-21(27)17-11-10-16(22)13-18(17)23/h3-5,7-8,10-11,13-14,20H,6,9,12H2,1-2H3,(H,24,27)(H,25,26). The van der Waals surface area contributed by atoms with Gasteiger partial charge >= 0.3 is 0 Å². The zero-order chi connectivity index (χ0) is 19.8. The van der Waals surface area contributed by atoms with Gasteiger partial charge in [0.15, 0.2) is 0 Å². The van der Waals surface area contributed by atoms with Gasteiger partial charge in [0.25, 0.3) is 5.91 Å². The van der Waals surface area contributed by atoms with Crippen molar-refractivity contribution in [1.29, 1.82) is 0 Å². The number of benzene rings is 2. The summed E-state index contributed by atoms with van der Waals surface area (Å²) in [4.78, 5) is 24.1. The Morgan fingerprint density at radius 2 is 1.74 bits per heavy atom. The molecule has 2 aromatic carbocycles. The molecule has 0 fully saturated rings. The van der Waals surface area contributed by atoms with Crippen molar-refractivity contribution in [2.45, 2.75) is 32.7 Å². The Hall–Kier alpha value is -2.76. The Bertz CT molecular complexity index is 779. The topological polar surface area (TPSA) is 58.2 Å². The predicted molar refractivity (Wildman–Crippen MR) is 100 cm³/mol. The second kappa shape index (κ2) is 9.80. The first kappa shape index (κ1) is 20.6. The number of hydrogen-bond acceptors (Lipinski definition) is 2. The molecule has 0 aliphatic rings. The van der Waals surface area contributed by atoms with Crippen LogP contribution >= 0.6 is 0 Å². The fourth-order valence-electron chi connectivity index (χ4n) is 2.76. The number of hydrogen-bond donors (Lipinski definition) is 2. The molecule has 0 aromatic heterocycles. The zero-order valence-corrected chi connectivity index (χ0v) is 15.5. The normalized spacial score (nSPS) is 11.9. The number of carbonyl (C=O) groups excluding carboxylic acids is 2. The SMILES string of the molecule is CC(C)C(NC(=O)CCCNC(=O)c1ccc(F)cc1F)c1ccccc1. The molecule has 2 aromatic rings. The molecule has 0 spiro atoms. The lowest BCUT2D eigenvalue weighted by Crippen LogP contribution is -2.32. The lowest BCUT2D eigenvalue weighted by Gasteiger charge is -2.23. The summed E-state index contributed by atoms with van der Waals surface area (Å²) in [5, 5.41) is 5.56. The molecule has 27 heavy (non-hydrogen) atoms. The Kier molecular flexibility index (Phi) is 7.46. The maximum atomic E-state index is 13.6. The maximum Gasteiger partial charge on any atom is 0.254 e. The highest BCUT2D eigenvalue weighted by Crippen LogP contribution is 2.21. The molecule has 0 saturated heterocycles. The summed E-state index contributed by atoms with van der Waals surface area (Å²) in [6.45, 7) is 4.30. The van der Waals surface area contributed by atoms with Gasteiger partial charge in [-0.15, -0.1) is 0 Å². The second-order valence-electron chi connectivity index (χ2n) is 6.68. The molecule has 1 atom stereocenters. The van der Waals surface area contributed by atoms with Crippen LogP contribution in [0.5, 0.6) is 0 Å². The van der Waals surface area contributed by atoms with Crippen LogP contribution in [-0.4, -0.2) is 18.4 Å². The maximum absolute atomic E-state index is 13.6. The summed E-state index contributed by atoms with van der Waals surface area (Å²) >= 11 is 0. The Labute approximate surface area is 158 Å². The summed E-state index contributed by atoms with van der Waals surface area (Å²) in [5.41, 5.74) is 0.825. The number of rotatable bonds is 8. The summed E-state index contributed by atoms with van der Waals surface area (Å²) in [7, 11) is 0. The predicted octanol–water partition coefficient (Wildman–Crippen LogP) is 3.99. The van der Waals surface area contributed by atoms with E-state index in [2.05, 4.69) is 10.6 Å². The van der Waals surface area contributed by atoms with E-state index in [9.17, 15) is 18.4 Å². The first-order valence-corrected chi connectivity index (χ1v) is 8.96. The van der Waals surface area contributed by atoms with Crippen LogP contribution in [0, 0.1) is 17.6 Å².